The van der Waals surface area contributed by atoms with E-state index in [1.807, 2.05) is 0 Å². The molecule has 0 unspecified atom stereocenters. The lowest BCUT2D eigenvalue weighted by atomic mass is 10.8. The smallest absolute Gasteiger partial charge is 0.374 e. The summed E-state index contributed by atoms with van der Waals surface area (Å²) in [5.74, 6) is 0. The predicted octanol–water partition coefficient (Wildman–Crippen LogP) is 1.55. The third kappa shape index (κ3) is 8.77. The van der Waals surface area contributed by atoms with Crippen LogP contribution < -0.4 is 0 Å². The molecule has 5 heteroatoms. The Hall–Kier alpha value is -0.203. The molecule has 94 valence electrons. The van der Waals surface area contributed by atoms with Crippen LogP contribution in [0.15, 0.2) is 13.2 Å². The van der Waals surface area contributed by atoms with Gasteiger partial charge in [-0.25, -0.2) is 0 Å². The molecule has 0 saturated carbocycles. The summed E-state index contributed by atoms with van der Waals surface area (Å²) in [6, 6.07) is 0. The zero-order chi connectivity index (χ0) is 11.8. The van der Waals surface area contributed by atoms with Gasteiger partial charge in [0.1, 0.15) is 6.17 Å². The summed E-state index contributed by atoms with van der Waals surface area (Å²) in [6.07, 6.45) is 0.774. The molecule has 0 bridgehead atoms. The lowest BCUT2D eigenvalue weighted by Crippen LogP contribution is -2.57. The quantitative estimate of drug-likeness (QED) is 0.413. The fourth-order valence-electron chi connectivity index (χ4n) is 1.02. The molecular formula is C10H28NO3Si+. The van der Waals surface area contributed by atoms with Gasteiger partial charge in [-0.1, -0.05) is 7.43 Å². The first-order chi connectivity index (χ1) is 6.39. The van der Waals surface area contributed by atoms with E-state index in [2.05, 4.69) is 34.3 Å². The Morgan fingerprint density at radius 1 is 0.933 bits per heavy atom. The lowest BCUT2D eigenvalue weighted by molar-refractivity contribution is -0.862. The van der Waals surface area contributed by atoms with Crippen molar-refractivity contribution in [3.8, 4) is 0 Å². The lowest BCUT2D eigenvalue weighted by Gasteiger charge is -2.32. The average molecular weight is 238 g/mol. The third-order valence-electron chi connectivity index (χ3n) is 1.60. The first-order valence-electron chi connectivity index (χ1n) is 4.35. The Bertz CT molecular complexity index is 136. The molecule has 0 spiro atoms. The van der Waals surface area contributed by atoms with E-state index in [0.29, 0.717) is 0 Å². The Balaban J connectivity index is -0.000000449. The monoisotopic (exact) mass is 238 g/mol. The number of rotatable bonds is 5. The minimum absolute atomic E-state index is 0. The van der Waals surface area contributed by atoms with Crippen LogP contribution in [0.5, 0.6) is 0 Å². The van der Waals surface area contributed by atoms with E-state index in [4.69, 9.17) is 13.3 Å². The second-order valence-corrected chi connectivity index (χ2v) is 6.65. The largest absolute Gasteiger partial charge is 0.558 e. The van der Waals surface area contributed by atoms with Crippen LogP contribution >= 0.6 is 0 Å². The summed E-state index contributed by atoms with van der Waals surface area (Å²) in [6.45, 7) is 6.00. The molecule has 0 aliphatic heterocycles. The Morgan fingerprint density at radius 2 is 1.20 bits per heavy atom. The fraction of sp³-hybridized carbons (Fsp3) is 0.800. The molecule has 0 heterocycles. The van der Waals surface area contributed by atoms with Crippen molar-refractivity contribution < 1.29 is 17.8 Å². The molecule has 15 heavy (non-hydrogen) atoms. The van der Waals surface area contributed by atoms with Gasteiger partial charge in [0, 0.05) is 21.3 Å². The molecule has 0 fully saturated rings. The first kappa shape index (κ1) is 20.2. The van der Waals surface area contributed by atoms with Crippen molar-refractivity contribution in [2.75, 3.05) is 48.6 Å². The standard InChI is InChI=1S/C7H20NO3Si.C2H4.CH4/c1-8(2,3)7-12(9-4,10-5)11-6;1-2;/h7H2,1-6H3;1-2H2;1H4/q+1;;. The van der Waals surface area contributed by atoms with Gasteiger partial charge in [-0.15, -0.1) is 13.2 Å². The minimum atomic E-state index is -2.38. The molecule has 0 amide bonds. The summed E-state index contributed by atoms with van der Waals surface area (Å²) in [4.78, 5) is 0. The Morgan fingerprint density at radius 3 is 1.27 bits per heavy atom. The average Bonchev–Trinajstić information content (AvgIpc) is 2.16. The first-order valence-corrected chi connectivity index (χ1v) is 6.28. The zero-order valence-electron chi connectivity index (χ0n) is 10.3. The number of hydrogen-bond acceptors (Lipinski definition) is 3. The molecule has 0 atom stereocenters. The van der Waals surface area contributed by atoms with E-state index in [9.17, 15) is 0 Å². The van der Waals surface area contributed by atoms with Gasteiger partial charge in [0.05, 0.1) is 21.1 Å². The van der Waals surface area contributed by atoms with E-state index in [1.165, 1.54) is 0 Å². The van der Waals surface area contributed by atoms with Crippen LogP contribution in [0.3, 0.4) is 0 Å². The van der Waals surface area contributed by atoms with Gasteiger partial charge in [0.2, 0.25) is 0 Å². The van der Waals surface area contributed by atoms with Crippen LogP contribution in [0.1, 0.15) is 7.43 Å². The summed E-state index contributed by atoms with van der Waals surface area (Å²) in [7, 11) is 8.77. The van der Waals surface area contributed by atoms with Crippen LogP contribution in [0.4, 0.5) is 0 Å². The van der Waals surface area contributed by atoms with Crippen molar-refractivity contribution in [2.45, 2.75) is 7.43 Å². The number of quaternary nitrogens is 1. The van der Waals surface area contributed by atoms with E-state index in [1.54, 1.807) is 21.3 Å². The maximum atomic E-state index is 5.29. The van der Waals surface area contributed by atoms with E-state index in [0.717, 1.165) is 10.7 Å². The van der Waals surface area contributed by atoms with Gasteiger partial charge in [-0.05, 0) is 0 Å². The summed E-state index contributed by atoms with van der Waals surface area (Å²) >= 11 is 0. The highest BCUT2D eigenvalue weighted by Crippen LogP contribution is 2.09. The maximum Gasteiger partial charge on any atom is 0.558 e. The fourth-order valence-corrected chi connectivity index (χ4v) is 3.07. The highest BCUT2D eigenvalue weighted by atomic mass is 28.4. The van der Waals surface area contributed by atoms with Crippen molar-refractivity contribution in [1.29, 1.82) is 0 Å². The van der Waals surface area contributed by atoms with Gasteiger partial charge in [0.25, 0.3) is 0 Å². The molecule has 0 aromatic rings. The van der Waals surface area contributed by atoms with Crippen LogP contribution in [0.25, 0.3) is 0 Å². The maximum absolute atomic E-state index is 5.29. The molecule has 0 radical (unpaired) electrons. The minimum Gasteiger partial charge on any atom is -0.374 e. The molecule has 0 rings (SSSR count). The van der Waals surface area contributed by atoms with Crippen molar-refractivity contribution in [3.63, 3.8) is 0 Å². The molecule has 0 saturated heterocycles. The van der Waals surface area contributed by atoms with Crippen LogP contribution in [-0.4, -0.2) is 61.9 Å². The van der Waals surface area contributed by atoms with E-state index in [-0.39, 0.29) is 7.43 Å². The van der Waals surface area contributed by atoms with Gasteiger partial charge in [0.15, 0.2) is 0 Å². The zero-order valence-corrected chi connectivity index (χ0v) is 11.3. The summed E-state index contributed by atoms with van der Waals surface area (Å²) in [5.41, 5.74) is 0. The topological polar surface area (TPSA) is 27.7 Å². The van der Waals surface area contributed by atoms with Crippen LogP contribution in [0.2, 0.25) is 0 Å². The predicted molar refractivity (Wildman–Crippen MR) is 67.7 cm³/mol. The second-order valence-electron chi connectivity index (χ2n) is 3.74. The molecule has 0 aliphatic carbocycles. The van der Waals surface area contributed by atoms with Crippen LogP contribution in [-0.2, 0) is 13.3 Å². The van der Waals surface area contributed by atoms with Gasteiger partial charge < -0.3 is 17.8 Å². The second kappa shape index (κ2) is 9.05. The van der Waals surface area contributed by atoms with Crippen LogP contribution in [0, 0.1) is 0 Å². The highest BCUT2D eigenvalue weighted by Gasteiger charge is 2.44. The molecule has 0 N–H and O–H groups in total. The van der Waals surface area contributed by atoms with Gasteiger partial charge in [-0.2, -0.15) is 0 Å². The highest BCUT2D eigenvalue weighted by molar-refractivity contribution is 6.60. The SMILES string of the molecule is C.C=C.CO[Si](C[N+](C)(C)C)(OC)OC. The molecular weight excluding hydrogens is 210 g/mol. The van der Waals surface area contributed by atoms with Gasteiger partial charge >= 0.3 is 8.80 Å². The number of hydrogen-bond donors (Lipinski definition) is 0. The number of nitrogens with zero attached hydrogens (tertiary/aromatic N) is 1. The van der Waals surface area contributed by atoms with Crippen molar-refractivity contribution in [3.05, 3.63) is 13.2 Å². The van der Waals surface area contributed by atoms with Crippen molar-refractivity contribution in [1.82, 2.24) is 0 Å². The summed E-state index contributed by atoms with van der Waals surface area (Å²) < 4.78 is 16.7. The molecule has 0 aliphatic rings. The Kier molecular flexibility index (Phi) is 12.2. The Labute approximate surface area is 96.4 Å². The van der Waals surface area contributed by atoms with E-state index < -0.39 is 8.80 Å². The summed E-state index contributed by atoms with van der Waals surface area (Å²) in [5, 5.41) is 0. The van der Waals surface area contributed by atoms with Crippen molar-refractivity contribution in [2.24, 2.45) is 0 Å². The normalized spacial score (nSPS) is 11.1. The molecule has 4 nitrogen and oxygen atoms in total. The molecule has 0 aromatic carbocycles. The van der Waals surface area contributed by atoms with E-state index >= 15 is 0 Å². The third-order valence-corrected chi connectivity index (χ3v) is 4.80. The van der Waals surface area contributed by atoms with Gasteiger partial charge in [-0.3, -0.25) is 0 Å². The van der Waals surface area contributed by atoms with Crippen molar-refractivity contribution >= 4 is 8.80 Å². The molecule has 0 aromatic heterocycles.